The normalized spacial score (nSPS) is 11.6. The Labute approximate surface area is 119 Å². The van der Waals surface area contributed by atoms with Crippen molar-refractivity contribution >= 4 is 11.6 Å². The van der Waals surface area contributed by atoms with E-state index in [1.54, 1.807) is 0 Å². The van der Waals surface area contributed by atoms with E-state index in [2.05, 4.69) is 6.92 Å². The molecule has 0 bridgehead atoms. The molecule has 0 fully saturated rings. The molecule has 2 nitrogen and oxygen atoms in total. The molecule has 0 aliphatic heterocycles. The van der Waals surface area contributed by atoms with Crippen LogP contribution in [0.4, 0.5) is 13.2 Å². The molecule has 0 spiro atoms. The van der Waals surface area contributed by atoms with Gasteiger partial charge in [0.25, 0.3) is 0 Å². The molecule has 0 atom stereocenters. The van der Waals surface area contributed by atoms with Crippen LogP contribution in [0.15, 0.2) is 0 Å². The van der Waals surface area contributed by atoms with Crippen molar-refractivity contribution in [3.8, 4) is 0 Å². The smallest absolute Gasteiger partial charge is 0.299 e. The molecular weight excluding hydrogens is 269 g/mol. The fourth-order valence-corrected chi connectivity index (χ4v) is 2.00. The molecule has 0 aromatic carbocycles. The summed E-state index contributed by atoms with van der Waals surface area (Å²) in [6.45, 7) is 2.17. The van der Waals surface area contributed by atoms with E-state index in [1.165, 1.54) is 32.1 Å². The monoisotopic (exact) mass is 294 g/mol. The summed E-state index contributed by atoms with van der Waals surface area (Å²) in [6, 6.07) is 0. The Kier molecular flexibility index (Phi) is 10.4. The highest BCUT2D eigenvalue weighted by Crippen LogP contribution is 2.19. The zero-order valence-corrected chi connectivity index (χ0v) is 12.2. The molecule has 0 saturated heterocycles. The predicted molar refractivity (Wildman–Crippen MR) is 72.5 cm³/mol. The second-order valence-electron chi connectivity index (χ2n) is 5.21. The Morgan fingerprint density at radius 1 is 0.800 bits per heavy atom. The number of alkyl halides is 3. The second kappa shape index (κ2) is 10.9. The van der Waals surface area contributed by atoms with Gasteiger partial charge in [0.1, 0.15) is 5.78 Å². The van der Waals surface area contributed by atoms with Gasteiger partial charge in [-0.3, -0.25) is 9.59 Å². The number of ketones is 2. The molecule has 0 amide bonds. The van der Waals surface area contributed by atoms with Crippen molar-refractivity contribution in [2.24, 2.45) is 0 Å². The van der Waals surface area contributed by atoms with Crippen LogP contribution in [0.25, 0.3) is 0 Å². The zero-order valence-electron chi connectivity index (χ0n) is 12.2. The lowest BCUT2D eigenvalue weighted by Crippen LogP contribution is -2.25. The number of unbranched alkanes of at least 4 members (excludes halogenated alkanes) is 8. The van der Waals surface area contributed by atoms with Crippen LogP contribution < -0.4 is 0 Å². The van der Waals surface area contributed by atoms with Crippen molar-refractivity contribution in [3.05, 3.63) is 0 Å². The van der Waals surface area contributed by atoms with E-state index in [4.69, 9.17) is 0 Å². The van der Waals surface area contributed by atoms with Gasteiger partial charge in [-0.2, -0.15) is 13.2 Å². The minimum atomic E-state index is -4.88. The average Bonchev–Trinajstić information content (AvgIpc) is 2.35. The molecule has 5 heteroatoms. The first kappa shape index (κ1) is 19.1. The SMILES string of the molecule is CCCCCCCCCCCC(=O)CC(=O)C(F)(F)F. The molecule has 20 heavy (non-hydrogen) atoms. The van der Waals surface area contributed by atoms with Crippen molar-refractivity contribution in [1.82, 2.24) is 0 Å². The minimum absolute atomic E-state index is 0.0810. The van der Waals surface area contributed by atoms with Gasteiger partial charge in [0.2, 0.25) is 5.78 Å². The fourth-order valence-electron chi connectivity index (χ4n) is 2.00. The van der Waals surface area contributed by atoms with Crippen LogP contribution in [0.2, 0.25) is 0 Å². The van der Waals surface area contributed by atoms with Crippen molar-refractivity contribution in [2.45, 2.75) is 83.7 Å². The number of hydrogen-bond donors (Lipinski definition) is 0. The van der Waals surface area contributed by atoms with E-state index in [0.29, 0.717) is 6.42 Å². The highest BCUT2D eigenvalue weighted by atomic mass is 19.4. The summed E-state index contributed by atoms with van der Waals surface area (Å²) in [5.74, 6) is -2.53. The van der Waals surface area contributed by atoms with Gasteiger partial charge in [0.05, 0.1) is 6.42 Å². The zero-order chi connectivity index (χ0) is 15.4. The van der Waals surface area contributed by atoms with Crippen LogP contribution in [0.3, 0.4) is 0 Å². The number of hydrogen-bond acceptors (Lipinski definition) is 2. The third-order valence-electron chi connectivity index (χ3n) is 3.23. The average molecular weight is 294 g/mol. The lowest BCUT2D eigenvalue weighted by molar-refractivity contribution is -0.171. The molecule has 0 radical (unpaired) electrons. The molecule has 0 aromatic heterocycles. The van der Waals surface area contributed by atoms with Crippen LogP contribution in [0.5, 0.6) is 0 Å². The van der Waals surface area contributed by atoms with Crippen molar-refractivity contribution < 1.29 is 22.8 Å². The standard InChI is InChI=1S/C15H25F3O2/c1-2-3-4-5-6-7-8-9-10-11-13(19)12-14(20)15(16,17)18/h2-12H2,1H3. The van der Waals surface area contributed by atoms with Gasteiger partial charge >= 0.3 is 6.18 Å². The van der Waals surface area contributed by atoms with Gasteiger partial charge < -0.3 is 0 Å². The molecular formula is C15H25F3O2. The largest absolute Gasteiger partial charge is 0.450 e. The molecule has 0 aliphatic rings. The maximum atomic E-state index is 11.9. The van der Waals surface area contributed by atoms with Gasteiger partial charge in [-0.05, 0) is 6.42 Å². The predicted octanol–water partition coefficient (Wildman–Crippen LogP) is 5.00. The minimum Gasteiger partial charge on any atom is -0.299 e. The lowest BCUT2D eigenvalue weighted by Gasteiger charge is -2.04. The third-order valence-corrected chi connectivity index (χ3v) is 3.23. The van der Waals surface area contributed by atoms with Crippen LogP contribution in [0, 0.1) is 0 Å². The summed E-state index contributed by atoms with van der Waals surface area (Å²) in [5, 5.41) is 0. The van der Waals surface area contributed by atoms with Gasteiger partial charge in [0.15, 0.2) is 0 Å². The van der Waals surface area contributed by atoms with E-state index >= 15 is 0 Å². The number of carbonyl (C=O) groups excluding carboxylic acids is 2. The molecule has 0 saturated carbocycles. The van der Waals surface area contributed by atoms with E-state index in [-0.39, 0.29) is 6.42 Å². The number of Topliss-reactive ketones (excluding diaryl/α,β-unsaturated/α-hetero) is 2. The molecule has 0 aliphatic carbocycles. The Bertz CT molecular complexity index is 285. The van der Waals surface area contributed by atoms with E-state index < -0.39 is 24.2 Å². The summed E-state index contributed by atoms with van der Waals surface area (Å²) in [7, 11) is 0. The Morgan fingerprint density at radius 3 is 1.70 bits per heavy atom. The third kappa shape index (κ3) is 11.0. The van der Waals surface area contributed by atoms with Crippen LogP contribution >= 0.6 is 0 Å². The molecule has 0 heterocycles. The lowest BCUT2D eigenvalue weighted by atomic mass is 10.0. The number of rotatable bonds is 12. The first-order valence-electron chi connectivity index (χ1n) is 7.49. The first-order valence-corrected chi connectivity index (χ1v) is 7.49. The second-order valence-corrected chi connectivity index (χ2v) is 5.21. The van der Waals surface area contributed by atoms with Crippen LogP contribution in [0.1, 0.15) is 77.6 Å². The summed E-state index contributed by atoms with van der Waals surface area (Å²) in [4.78, 5) is 21.8. The molecule has 0 unspecified atom stereocenters. The van der Waals surface area contributed by atoms with E-state index in [1.807, 2.05) is 0 Å². The van der Waals surface area contributed by atoms with E-state index in [0.717, 1.165) is 19.3 Å². The fraction of sp³-hybridized carbons (Fsp3) is 0.867. The summed E-state index contributed by atoms with van der Waals surface area (Å²) < 4.78 is 35.8. The summed E-state index contributed by atoms with van der Waals surface area (Å²) >= 11 is 0. The van der Waals surface area contributed by atoms with Crippen molar-refractivity contribution in [2.75, 3.05) is 0 Å². The van der Waals surface area contributed by atoms with Crippen LogP contribution in [-0.4, -0.2) is 17.7 Å². The quantitative estimate of drug-likeness (QED) is 0.375. The summed E-state index contributed by atoms with van der Waals surface area (Å²) in [5.41, 5.74) is 0. The van der Waals surface area contributed by atoms with Gasteiger partial charge in [-0.15, -0.1) is 0 Å². The number of carbonyl (C=O) groups is 2. The van der Waals surface area contributed by atoms with Gasteiger partial charge in [0, 0.05) is 6.42 Å². The summed E-state index contributed by atoms with van der Waals surface area (Å²) in [6.07, 6.45) is 3.90. The Balaban J connectivity index is 3.43. The molecule has 0 aromatic rings. The number of halogens is 3. The first-order chi connectivity index (χ1) is 9.38. The highest BCUT2D eigenvalue weighted by Gasteiger charge is 2.38. The maximum Gasteiger partial charge on any atom is 0.450 e. The maximum absolute atomic E-state index is 11.9. The Hall–Kier alpha value is -0.870. The van der Waals surface area contributed by atoms with Gasteiger partial charge in [-0.25, -0.2) is 0 Å². The van der Waals surface area contributed by atoms with Crippen molar-refractivity contribution in [1.29, 1.82) is 0 Å². The Morgan fingerprint density at radius 2 is 1.25 bits per heavy atom. The molecule has 118 valence electrons. The molecule has 0 N–H and O–H groups in total. The molecule has 0 rings (SSSR count). The topological polar surface area (TPSA) is 34.1 Å². The van der Waals surface area contributed by atoms with Crippen molar-refractivity contribution in [3.63, 3.8) is 0 Å². The van der Waals surface area contributed by atoms with Crippen LogP contribution in [-0.2, 0) is 9.59 Å². The van der Waals surface area contributed by atoms with Gasteiger partial charge in [-0.1, -0.05) is 58.3 Å². The van der Waals surface area contributed by atoms with E-state index in [9.17, 15) is 22.8 Å². The highest BCUT2D eigenvalue weighted by molar-refractivity contribution is 6.01.